The molecule has 7 N–H and O–H groups in total. The van der Waals surface area contributed by atoms with Crippen LogP contribution in [-0.4, -0.2) is 76.0 Å². The van der Waals surface area contributed by atoms with Gasteiger partial charge in [0.25, 0.3) is 0 Å². The lowest BCUT2D eigenvalue weighted by atomic mass is 10.00. The van der Waals surface area contributed by atoms with E-state index in [1.165, 1.54) is 11.3 Å². The Morgan fingerprint density at radius 1 is 1.10 bits per heavy atom. The van der Waals surface area contributed by atoms with Crippen molar-refractivity contribution in [3.05, 3.63) is 71.3 Å². The van der Waals surface area contributed by atoms with Crippen LogP contribution >= 0.6 is 11.3 Å². The fourth-order valence-electron chi connectivity index (χ4n) is 5.27. The Balaban J connectivity index is 1.62. The third-order valence-electron chi connectivity index (χ3n) is 7.91. The molecule has 2 aliphatic heterocycles. The van der Waals surface area contributed by atoms with Crippen LogP contribution in [0.3, 0.4) is 0 Å². The molecule has 0 fully saturated rings. The summed E-state index contributed by atoms with van der Waals surface area (Å²) >= 11 is 1.25. The number of benzene rings is 2. The Morgan fingerprint density at radius 3 is 2.56 bits per heavy atom. The molecule has 4 atom stereocenters. The number of carbonyl (C=O) groups is 4. The summed E-state index contributed by atoms with van der Waals surface area (Å²) in [5, 5.41) is 19.2. The second-order valence-corrected chi connectivity index (χ2v) is 14.8. The van der Waals surface area contributed by atoms with Crippen molar-refractivity contribution in [3.8, 4) is 5.75 Å². The summed E-state index contributed by atoms with van der Waals surface area (Å²) in [4.78, 5) is 59.3. The van der Waals surface area contributed by atoms with E-state index in [4.69, 9.17) is 15.9 Å². The number of nitrogens with one attached hydrogen (secondary N) is 5. The minimum atomic E-state index is -1.05. The molecule has 3 amide bonds. The van der Waals surface area contributed by atoms with Gasteiger partial charge in [0.2, 0.25) is 23.5 Å². The molecular weight excluding hydrogens is 647 g/mol. The fourth-order valence-corrected chi connectivity index (χ4v) is 6.67. The summed E-state index contributed by atoms with van der Waals surface area (Å²) in [6.07, 6.45) is 5.54. The molecule has 3 aromatic rings. The second kappa shape index (κ2) is 17.5. The van der Waals surface area contributed by atoms with Gasteiger partial charge in [-0.15, -0.1) is 11.3 Å². The monoisotopic (exact) mass is 691 g/mol. The molecule has 0 unspecified atom stereocenters. The first-order chi connectivity index (χ1) is 23.0. The summed E-state index contributed by atoms with van der Waals surface area (Å²) in [6.45, 7) is 4.61. The summed E-state index contributed by atoms with van der Waals surface area (Å²) in [5.41, 5.74) is 6.64. The number of amides is 3. The van der Waals surface area contributed by atoms with Gasteiger partial charge in [-0.25, -0.2) is 4.98 Å². The number of nitrogens with zero attached hydrogens (tertiary/aromatic N) is 1. The van der Waals surface area contributed by atoms with Crippen LogP contribution in [0.5, 0.6) is 5.75 Å². The zero-order chi connectivity index (χ0) is 34.6. The molecule has 0 saturated carbocycles. The van der Waals surface area contributed by atoms with Gasteiger partial charge in [0.15, 0.2) is 11.0 Å². The number of allylic oxidation sites excluding steroid dienone is 1. The Labute approximate surface area is 287 Å². The minimum Gasteiger partial charge on any atom is -0.490 e. The highest BCUT2D eigenvalue weighted by Crippen LogP contribution is 2.23. The Bertz CT molecular complexity index is 1590. The van der Waals surface area contributed by atoms with Crippen molar-refractivity contribution in [1.82, 2.24) is 26.3 Å². The van der Waals surface area contributed by atoms with Crippen LogP contribution in [0, 0.1) is 11.3 Å². The number of ketones is 1. The van der Waals surface area contributed by atoms with Crippen LogP contribution < -0.4 is 31.7 Å². The molecule has 2 bridgehead atoms. The van der Waals surface area contributed by atoms with Crippen molar-refractivity contribution in [1.29, 1.82) is 5.41 Å². The smallest absolute Gasteiger partial charge is 0.243 e. The number of hydrogen-bond donors (Lipinski definition) is 6. The molecule has 3 heterocycles. The van der Waals surface area contributed by atoms with Gasteiger partial charge in [-0.3, -0.25) is 24.6 Å². The topological polar surface area (TPSA) is 188 Å². The SMILES string of the molecule is CC(C)C[C@@H]1NC(=O)[C@@H]([SiH3])C/C=C\COc2ccc(cc2)C[C@@H](C(=O)N[C@@H](CCCNC(=N)N)C(=O)c2nc3ccccc3s2)NC1=O. The minimum absolute atomic E-state index is 0.0963. The Hall–Kier alpha value is -4.56. The molecule has 5 rings (SSSR count). The first-order valence-electron chi connectivity index (χ1n) is 16.3. The maximum atomic E-state index is 14.1. The Kier molecular flexibility index (Phi) is 13.3. The maximum absolute atomic E-state index is 14.1. The number of para-hydroxylation sites is 1. The molecule has 0 saturated heterocycles. The lowest BCUT2D eigenvalue weighted by molar-refractivity contribution is -0.132. The molecule has 48 heavy (non-hydrogen) atoms. The van der Waals surface area contributed by atoms with Crippen LogP contribution in [0.4, 0.5) is 0 Å². The number of thiazole rings is 1. The normalized spacial score (nSPS) is 20.3. The standard InChI is InChI=1S/C34H45N7O5SSi/c1-20(2)18-25-30(43)39-26(19-21-12-14-22(15-13-21)46-17-6-5-11-28(48)32(45)40-25)31(44)38-24(9-7-16-37-34(35)36)29(42)33-41-23-8-3-4-10-27(23)47-33/h3-6,8,10,12-15,20,24-26,28H,7,9,11,16-19H2,1-2,48H3,(H,38,44)(H,39,43)(H,40,45)(H4,35,36,37)/b6-5-/t24-,25-,26-,28-/m0/s1. The number of fused-ring (bicyclic) bond motifs is 14. The number of carbonyl (C=O) groups excluding carboxylic acids is 4. The third kappa shape index (κ3) is 10.7. The lowest BCUT2D eigenvalue weighted by Crippen LogP contribution is -2.57. The molecule has 0 radical (unpaired) electrons. The summed E-state index contributed by atoms with van der Waals surface area (Å²) in [6, 6.07) is 11.9. The van der Waals surface area contributed by atoms with Crippen molar-refractivity contribution < 1.29 is 23.9 Å². The number of hydrogen-bond acceptors (Lipinski definition) is 8. The van der Waals surface area contributed by atoms with Crippen LogP contribution in [0.2, 0.25) is 5.54 Å². The van der Waals surface area contributed by atoms with Gasteiger partial charge in [-0.05, 0) is 61.4 Å². The summed E-state index contributed by atoms with van der Waals surface area (Å²) in [5.74, 6) is -1.00. The number of ether oxygens (including phenoxy) is 1. The molecule has 0 aliphatic carbocycles. The van der Waals surface area contributed by atoms with E-state index in [1.54, 1.807) is 0 Å². The summed E-state index contributed by atoms with van der Waals surface area (Å²) in [7, 11) is 0.594. The molecule has 0 spiro atoms. The number of rotatable bonds is 10. The van der Waals surface area contributed by atoms with Crippen molar-refractivity contribution >= 4 is 61.3 Å². The van der Waals surface area contributed by atoms with Crippen molar-refractivity contribution in [3.63, 3.8) is 0 Å². The summed E-state index contributed by atoms with van der Waals surface area (Å²) < 4.78 is 6.66. The van der Waals surface area contributed by atoms with Gasteiger partial charge < -0.3 is 31.7 Å². The predicted molar refractivity (Wildman–Crippen MR) is 191 cm³/mol. The van der Waals surface area contributed by atoms with E-state index < -0.39 is 29.9 Å². The van der Waals surface area contributed by atoms with Gasteiger partial charge in [0.1, 0.15) is 24.4 Å². The van der Waals surface area contributed by atoms with Gasteiger partial charge in [0, 0.05) is 28.7 Å². The average molecular weight is 692 g/mol. The van der Waals surface area contributed by atoms with Crippen LogP contribution in [0.15, 0.2) is 60.7 Å². The number of Topliss-reactive ketones (excluding diaryl/α,β-unsaturated/α-hetero) is 1. The van der Waals surface area contributed by atoms with Gasteiger partial charge in [0.05, 0.1) is 16.3 Å². The van der Waals surface area contributed by atoms with E-state index in [0.717, 1.165) is 10.3 Å². The Morgan fingerprint density at radius 2 is 1.85 bits per heavy atom. The average Bonchev–Trinajstić information content (AvgIpc) is 3.49. The zero-order valence-corrected chi connectivity index (χ0v) is 30.4. The molecule has 14 heteroatoms. The number of aromatic nitrogens is 1. The van der Waals surface area contributed by atoms with Crippen molar-refractivity contribution in [2.24, 2.45) is 11.7 Å². The fraction of sp³-hybridized carbons (Fsp3) is 0.412. The van der Waals surface area contributed by atoms with E-state index in [1.807, 2.05) is 74.5 Å². The van der Waals surface area contributed by atoms with Crippen LogP contribution in [0.1, 0.15) is 54.9 Å². The van der Waals surface area contributed by atoms with Crippen LogP contribution in [-0.2, 0) is 20.8 Å². The highest BCUT2D eigenvalue weighted by Gasteiger charge is 2.32. The molecule has 1 aromatic heterocycles. The van der Waals surface area contributed by atoms with Gasteiger partial charge in [-0.2, -0.15) is 0 Å². The lowest BCUT2D eigenvalue weighted by Gasteiger charge is -2.26. The van der Waals surface area contributed by atoms with Crippen LogP contribution in [0.25, 0.3) is 10.2 Å². The molecule has 2 aliphatic rings. The highest BCUT2D eigenvalue weighted by molar-refractivity contribution is 7.20. The van der Waals surface area contributed by atoms with Gasteiger partial charge in [-0.1, -0.05) is 50.3 Å². The first-order valence-corrected chi connectivity index (χ1v) is 18.2. The van der Waals surface area contributed by atoms with E-state index >= 15 is 0 Å². The maximum Gasteiger partial charge on any atom is 0.243 e. The number of guanidine groups is 1. The van der Waals surface area contributed by atoms with Crippen molar-refractivity contribution in [2.75, 3.05) is 13.2 Å². The number of nitrogens with two attached hydrogens (primary N) is 1. The van der Waals surface area contributed by atoms with E-state index in [9.17, 15) is 19.2 Å². The highest BCUT2D eigenvalue weighted by atomic mass is 32.1. The van der Waals surface area contributed by atoms with E-state index in [2.05, 4.69) is 26.3 Å². The first kappa shape index (κ1) is 36.3. The predicted octanol–water partition coefficient (Wildman–Crippen LogP) is 1.98. The zero-order valence-electron chi connectivity index (χ0n) is 27.6. The largest absolute Gasteiger partial charge is 0.490 e. The molecule has 2 aromatic carbocycles. The second-order valence-electron chi connectivity index (χ2n) is 12.4. The molecule has 256 valence electrons. The quantitative estimate of drug-likeness (QED) is 0.0465. The van der Waals surface area contributed by atoms with Gasteiger partial charge >= 0.3 is 0 Å². The molecule has 12 nitrogen and oxygen atoms in total. The van der Waals surface area contributed by atoms with Crippen molar-refractivity contribution in [2.45, 2.75) is 69.6 Å². The van der Waals surface area contributed by atoms with E-state index in [0.29, 0.717) is 53.9 Å². The molecular formula is C34H45N7O5SSi. The third-order valence-corrected chi connectivity index (χ3v) is 9.96. The van der Waals surface area contributed by atoms with E-state index in [-0.39, 0.29) is 47.0 Å².